The molecule has 0 aliphatic carbocycles. The van der Waals surface area contributed by atoms with E-state index >= 15 is 0 Å². The number of nitro benzene ring substituents is 3. The maximum Gasteiger partial charge on any atom is 0.275 e. The average Bonchev–Trinajstić information content (AvgIpc) is 1.64. The van der Waals surface area contributed by atoms with E-state index in [1.807, 2.05) is 87.5 Å². The number of benzene rings is 8. The number of carbonyl (C=O) groups is 4. The van der Waals surface area contributed by atoms with E-state index in [-0.39, 0.29) is 87.0 Å². The molecule has 572 valence electrons. The Morgan fingerprint density at radius 2 is 0.886 bits per heavy atom. The highest BCUT2D eigenvalue weighted by molar-refractivity contribution is 6.67. The number of nitrogens with two attached hydrogens (primary N) is 1. The zero-order valence-electron chi connectivity index (χ0n) is 60.6. The Morgan fingerprint density at radius 3 is 1.22 bits per heavy atom. The molecule has 0 aromatic heterocycles. The van der Waals surface area contributed by atoms with Crippen LogP contribution in [0.25, 0.3) is 21.5 Å². The highest BCUT2D eigenvalue weighted by Gasteiger charge is 2.36. The Balaban J connectivity index is 0.00000133. The molecule has 1 heterocycles. The Bertz CT molecular complexity index is 3950. The van der Waals surface area contributed by atoms with Gasteiger partial charge in [0, 0.05) is 71.8 Å². The molecule has 0 spiro atoms. The fourth-order valence-electron chi connectivity index (χ4n) is 10.3. The number of methoxy groups -OCH3 is 3. The van der Waals surface area contributed by atoms with Crippen LogP contribution < -0.4 is 11.1 Å². The van der Waals surface area contributed by atoms with Crippen molar-refractivity contribution in [1.29, 1.82) is 11.1 Å². The summed E-state index contributed by atoms with van der Waals surface area (Å²) >= 11 is 14.9. The van der Waals surface area contributed by atoms with Gasteiger partial charge in [-0.15, -0.1) is 23.2 Å². The number of aryl methyl sites for hydroxylation is 3. The molecular weight excluding hydrogens is 1420 g/mol. The number of aliphatic hydroxyl groups is 1. The van der Waals surface area contributed by atoms with Gasteiger partial charge in [-0.1, -0.05) is 128 Å². The lowest BCUT2D eigenvalue weighted by Crippen LogP contribution is -2.32. The molecule has 8 aromatic rings. The topological polar surface area (TPSA) is 397 Å². The van der Waals surface area contributed by atoms with E-state index in [1.165, 1.54) is 59.2 Å². The SMILES string of the molecule is CCN(CC)CC.CCO.COCOC(CCN)c1cc(C)ccc1[N+](=O)[O-].COCOC(CCN1C(=O)c2ccccc2C1=O)c1cc(C)ccc1[N+](=O)[O-].COCOC(CCNC(=O)c1ccc2ccccc2c1)c1cc(C)ccc1[N+](=O)[O-].ClCCl.N=N.O.O=C(Cl)c1ccc2ccccc2c1.[HH]. The first-order valence-corrected chi connectivity index (χ1v) is 34.3. The summed E-state index contributed by atoms with van der Waals surface area (Å²) < 4.78 is 31.6. The van der Waals surface area contributed by atoms with Gasteiger partial charge in [0.1, 0.15) is 20.4 Å². The number of hydrogen-bond donors (Lipinski definition) is 5. The minimum atomic E-state index is -0.704. The van der Waals surface area contributed by atoms with Gasteiger partial charge in [0.2, 0.25) is 0 Å². The number of rotatable bonds is 28. The van der Waals surface area contributed by atoms with E-state index in [4.69, 9.17) is 85.1 Å². The summed E-state index contributed by atoms with van der Waals surface area (Å²) in [7, 11) is 4.44. The summed E-state index contributed by atoms with van der Waals surface area (Å²) in [5.41, 5.74) is 21.4. The monoisotopic (exact) mass is 1520 g/mol. The lowest BCUT2D eigenvalue weighted by atomic mass is 10.0. The molecule has 30 heteroatoms. The van der Waals surface area contributed by atoms with E-state index in [1.54, 1.807) is 85.8 Å². The number of nitrogens with zero attached hydrogens (tertiary/aromatic N) is 5. The zero-order valence-corrected chi connectivity index (χ0v) is 62.9. The van der Waals surface area contributed by atoms with E-state index < -0.39 is 38.3 Å². The van der Waals surface area contributed by atoms with Crippen molar-refractivity contribution in [1.82, 2.24) is 15.1 Å². The highest BCUT2D eigenvalue weighted by atomic mass is 35.5. The smallest absolute Gasteiger partial charge is 0.275 e. The van der Waals surface area contributed by atoms with E-state index in [0.29, 0.717) is 64.9 Å². The third-order valence-corrected chi connectivity index (χ3v) is 15.5. The van der Waals surface area contributed by atoms with Crippen molar-refractivity contribution in [2.24, 2.45) is 5.73 Å². The molecule has 9 rings (SSSR count). The summed E-state index contributed by atoms with van der Waals surface area (Å²) in [5, 5.41) is 48.3. The number of imide groups is 1. The van der Waals surface area contributed by atoms with Crippen molar-refractivity contribution in [2.45, 2.75) is 86.0 Å². The lowest BCUT2D eigenvalue weighted by Gasteiger charge is -2.21. The van der Waals surface area contributed by atoms with Crippen LogP contribution in [0.15, 0.2) is 164 Å². The molecule has 0 saturated carbocycles. The van der Waals surface area contributed by atoms with Crippen LogP contribution in [0.3, 0.4) is 0 Å². The van der Waals surface area contributed by atoms with Gasteiger partial charge in [-0.2, -0.15) is 0 Å². The number of carbonyl (C=O) groups excluding carboxylic acids is 4. The quantitative estimate of drug-likeness (QED) is 0.00578. The van der Waals surface area contributed by atoms with Crippen LogP contribution in [-0.2, 0) is 28.4 Å². The molecule has 0 saturated heterocycles. The maximum absolute atomic E-state index is 12.6. The summed E-state index contributed by atoms with van der Waals surface area (Å²) in [6, 6.07) is 47.9. The normalized spacial score (nSPS) is 11.7. The molecule has 8 aromatic carbocycles. The van der Waals surface area contributed by atoms with Gasteiger partial charge in [0.05, 0.1) is 66.2 Å². The minimum absolute atomic E-state index is 0. The molecule has 1 aliphatic rings. The van der Waals surface area contributed by atoms with E-state index in [9.17, 15) is 49.5 Å². The minimum Gasteiger partial charge on any atom is -0.412 e. The average molecular weight is 1520 g/mol. The number of nitro groups is 3. The van der Waals surface area contributed by atoms with Crippen LogP contribution in [0, 0.1) is 62.2 Å². The first-order chi connectivity index (χ1) is 50.0. The predicted octanol–water partition coefficient (Wildman–Crippen LogP) is 15.7. The summed E-state index contributed by atoms with van der Waals surface area (Å²) in [4.78, 5) is 84.6. The lowest BCUT2D eigenvalue weighted by molar-refractivity contribution is -0.386. The van der Waals surface area contributed by atoms with Crippen molar-refractivity contribution in [2.75, 3.05) is 92.9 Å². The van der Waals surface area contributed by atoms with Crippen LogP contribution in [0.5, 0.6) is 0 Å². The van der Waals surface area contributed by atoms with Gasteiger partial charge in [-0.3, -0.25) is 54.4 Å². The van der Waals surface area contributed by atoms with Crippen LogP contribution in [-0.4, -0.2) is 151 Å². The largest absolute Gasteiger partial charge is 0.412 e. The number of ether oxygens (including phenoxy) is 6. The van der Waals surface area contributed by atoms with Crippen molar-refractivity contribution in [3.8, 4) is 0 Å². The second-order valence-corrected chi connectivity index (χ2v) is 23.4. The summed E-state index contributed by atoms with van der Waals surface area (Å²) in [6.45, 7) is 18.4. The second-order valence-electron chi connectivity index (χ2n) is 22.3. The Morgan fingerprint density at radius 1 is 0.552 bits per heavy atom. The summed E-state index contributed by atoms with van der Waals surface area (Å²) in [6.07, 6.45) is -0.623. The molecule has 0 fully saturated rings. The van der Waals surface area contributed by atoms with Crippen LogP contribution in [0.2, 0.25) is 0 Å². The Hall–Kier alpha value is -9.17. The predicted molar refractivity (Wildman–Crippen MR) is 410 cm³/mol. The van der Waals surface area contributed by atoms with Gasteiger partial charge >= 0.3 is 0 Å². The number of halogens is 3. The van der Waals surface area contributed by atoms with Crippen molar-refractivity contribution in [3.63, 3.8) is 0 Å². The summed E-state index contributed by atoms with van der Waals surface area (Å²) in [5.74, 6) is -0.945. The Labute approximate surface area is 628 Å². The fraction of sp³-hybridized carbons (Fsp3) is 0.360. The molecule has 3 amide bonds. The van der Waals surface area contributed by atoms with Gasteiger partial charge < -0.3 is 55.0 Å². The number of fused-ring (bicyclic) bond motifs is 3. The molecule has 0 radical (unpaired) electrons. The van der Waals surface area contributed by atoms with E-state index in [0.717, 1.165) is 43.1 Å². The molecule has 27 nitrogen and oxygen atoms in total. The van der Waals surface area contributed by atoms with Crippen LogP contribution >= 0.6 is 34.8 Å². The third kappa shape index (κ3) is 31.6. The number of nitrogens with one attached hydrogen (secondary N) is 3. The third-order valence-electron chi connectivity index (χ3n) is 15.3. The van der Waals surface area contributed by atoms with Gasteiger partial charge in [0.25, 0.3) is 40.0 Å². The molecular formula is C75H98Cl3N9O18. The van der Waals surface area contributed by atoms with Crippen molar-refractivity contribution >= 4 is 96.4 Å². The molecule has 3 unspecified atom stereocenters. The fourth-order valence-corrected chi connectivity index (χ4v) is 10.4. The van der Waals surface area contributed by atoms with E-state index in [2.05, 4.69) is 31.0 Å². The first-order valence-electron chi connectivity index (χ1n) is 32.9. The van der Waals surface area contributed by atoms with Crippen molar-refractivity contribution < 1.29 is 74.4 Å². The number of aliphatic hydroxyl groups excluding tert-OH is 1. The number of alkyl halides is 2. The van der Waals surface area contributed by atoms with Crippen LogP contribution in [0.1, 0.15) is 142 Å². The first kappa shape index (κ1) is 93.8. The Kier molecular flexibility index (Phi) is 47.1. The highest BCUT2D eigenvalue weighted by Crippen LogP contribution is 2.35. The van der Waals surface area contributed by atoms with Crippen LogP contribution in [0.4, 0.5) is 17.1 Å². The zero-order chi connectivity index (χ0) is 77.7. The molecule has 105 heavy (non-hydrogen) atoms. The standard InChI is InChI=1S/C23H24N2O5.C20H20N2O6.C12H18N2O4.C11H7ClO.C6H15N.C2H6O.CH2Cl2.H2N2.H2O.H2/c1-16-7-10-21(25(27)28)20(13-16)22(30-15-29-2)11-12-24-23(26)19-9-8-17-5-3-4-6-18(17)14-19;1-13-7-8-17(22(25)26)16(11-13)18(28-12-27-2)9-10-21-19(23)14-5-3-4-6-15(14)20(21)24;1-9-3-4-11(14(15)16)10(7-9)12(5-6-13)18-8-17-2;12-11(13)10-6-5-8-3-1-2-4-9(8)7-10;1-4-7(5-2)6-3;1-2-3;2-1-3;1-2;;/h3-10,13-14,22H,11-12,15H2,1-2H3,(H,24,26);3-8,11,18H,9-10,12H2,1-2H3;3-4,7,12H,5-6,8,13H2,1-2H3;1-7H;4-6H2,1-3H3;3H,2H2,1H3;1H2;1-2H;1H2;1H. The molecule has 8 N–H and O–H groups in total. The van der Waals surface area contributed by atoms with Gasteiger partial charge in [-0.25, -0.2) is 11.1 Å². The molecule has 1 aliphatic heterocycles. The van der Waals surface area contributed by atoms with Gasteiger partial charge in [-0.05, 0) is 161 Å². The maximum atomic E-state index is 12.6. The van der Waals surface area contributed by atoms with Gasteiger partial charge in [0.15, 0.2) is 0 Å². The molecule has 0 bridgehead atoms. The number of hydrogen-bond acceptors (Lipinski definition) is 21. The number of amides is 3. The second kappa shape index (κ2) is 52.7. The molecule has 3 atom stereocenters. The van der Waals surface area contributed by atoms with Crippen molar-refractivity contribution in [3.05, 3.63) is 250 Å².